The van der Waals surface area contributed by atoms with Gasteiger partial charge in [-0.2, -0.15) is 0 Å². The first-order valence-corrected chi connectivity index (χ1v) is 6.82. The smallest absolute Gasteiger partial charge is 0.326 e. The lowest BCUT2D eigenvalue weighted by molar-refractivity contribution is -0.144. The van der Waals surface area contributed by atoms with Crippen LogP contribution in [0.4, 0.5) is 4.39 Å². The highest BCUT2D eigenvalue weighted by molar-refractivity contribution is 5.97. The lowest BCUT2D eigenvalue weighted by Crippen LogP contribution is -2.50. The second kappa shape index (κ2) is 6.11. The Morgan fingerprint density at radius 1 is 1.43 bits per heavy atom. The summed E-state index contributed by atoms with van der Waals surface area (Å²) < 4.78 is 19.0. The number of halogens is 1. The number of hydrogen-bond donors (Lipinski definition) is 1. The van der Waals surface area contributed by atoms with Crippen molar-refractivity contribution in [3.8, 4) is 5.75 Å². The van der Waals surface area contributed by atoms with Gasteiger partial charge < -0.3 is 14.7 Å². The van der Waals surface area contributed by atoms with E-state index in [1.54, 1.807) is 0 Å². The topological polar surface area (TPSA) is 66.8 Å². The predicted octanol–water partition coefficient (Wildman–Crippen LogP) is 2.16. The molecule has 114 valence electrons. The van der Waals surface area contributed by atoms with E-state index in [1.807, 2.05) is 6.92 Å². The Bertz CT molecular complexity index is 561. The maximum Gasteiger partial charge on any atom is 0.326 e. The molecule has 1 heterocycles. The normalized spacial score (nSPS) is 22.0. The SMILES string of the molecule is COc1cccc(C(=O)N2CCC(C)CC2C(=O)O)c1F. The van der Waals surface area contributed by atoms with Gasteiger partial charge in [-0.25, -0.2) is 9.18 Å². The van der Waals surface area contributed by atoms with Gasteiger partial charge in [0.2, 0.25) is 0 Å². The number of benzene rings is 1. The van der Waals surface area contributed by atoms with Crippen LogP contribution in [-0.2, 0) is 4.79 Å². The van der Waals surface area contributed by atoms with Gasteiger partial charge in [0, 0.05) is 6.54 Å². The van der Waals surface area contributed by atoms with Crippen LogP contribution in [-0.4, -0.2) is 41.6 Å². The summed E-state index contributed by atoms with van der Waals surface area (Å²) in [4.78, 5) is 25.1. The van der Waals surface area contributed by atoms with E-state index in [0.717, 1.165) is 0 Å². The van der Waals surface area contributed by atoms with E-state index in [-0.39, 0.29) is 17.2 Å². The first-order chi connectivity index (χ1) is 9.95. The zero-order valence-corrected chi connectivity index (χ0v) is 12.0. The van der Waals surface area contributed by atoms with Crippen LogP contribution >= 0.6 is 0 Å². The first kappa shape index (κ1) is 15.3. The van der Waals surface area contributed by atoms with E-state index in [2.05, 4.69) is 0 Å². The van der Waals surface area contributed by atoms with Crippen molar-refractivity contribution in [3.05, 3.63) is 29.6 Å². The molecule has 0 spiro atoms. The molecule has 6 heteroatoms. The number of methoxy groups -OCH3 is 1. The van der Waals surface area contributed by atoms with Crippen LogP contribution in [0.5, 0.6) is 5.75 Å². The van der Waals surface area contributed by atoms with Crippen molar-refractivity contribution in [1.82, 2.24) is 4.90 Å². The summed E-state index contributed by atoms with van der Waals surface area (Å²) in [5.41, 5.74) is -0.157. The Balaban J connectivity index is 2.32. The van der Waals surface area contributed by atoms with E-state index >= 15 is 0 Å². The predicted molar refractivity (Wildman–Crippen MR) is 73.8 cm³/mol. The fourth-order valence-electron chi connectivity index (χ4n) is 2.61. The van der Waals surface area contributed by atoms with E-state index in [0.29, 0.717) is 19.4 Å². The molecule has 1 fully saturated rings. The van der Waals surface area contributed by atoms with Crippen LogP contribution in [0, 0.1) is 11.7 Å². The molecular formula is C15H18FNO4. The molecule has 2 unspecified atom stereocenters. The number of likely N-dealkylation sites (tertiary alicyclic amines) is 1. The van der Waals surface area contributed by atoms with Gasteiger partial charge in [0.1, 0.15) is 6.04 Å². The van der Waals surface area contributed by atoms with Crippen molar-refractivity contribution in [3.63, 3.8) is 0 Å². The first-order valence-electron chi connectivity index (χ1n) is 6.82. The summed E-state index contributed by atoms with van der Waals surface area (Å²) in [5.74, 6) is -2.22. The van der Waals surface area contributed by atoms with E-state index in [1.165, 1.54) is 30.2 Å². The zero-order valence-electron chi connectivity index (χ0n) is 12.0. The molecule has 1 saturated heterocycles. The maximum absolute atomic E-state index is 14.2. The molecule has 1 amide bonds. The van der Waals surface area contributed by atoms with Crippen LogP contribution in [0.1, 0.15) is 30.1 Å². The Morgan fingerprint density at radius 2 is 2.14 bits per heavy atom. The molecule has 0 aromatic heterocycles. The summed E-state index contributed by atoms with van der Waals surface area (Å²) in [7, 11) is 1.31. The van der Waals surface area contributed by atoms with Crippen LogP contribution in [0.3, 0.4) is 0 Å². The quantitative estimate of drug-likeness (QED) is 0.928. The molecule has 2 rings (SSSR count). The van der Waals surface area contributed by atoms with Gasteiger partial charge in [0.15, 0.2) is 11.6 Å². The number of piperidine rings is 1. The van der Waals surface area contributed by atoms with Gasteiger partial charge in [-0.05, 0) is 30.9 Å². The van der Waals surface area contributed by atoms with Crippen molar-refractivity contribution >= 4 is 11.9 Å². The summed E-state index contributed by atoms with van der Waals surface area (Å²) in [5, 5.41) is 9.28. The Kier molecular flexibility index (Phi) is 4.45. The Labute approximate surface area is 122 Å². The minimum atomic E-state index is -1.06. The van der Waals surface area contributed by atoms with E-state index in [9.17, 15) is 19.1 Å². The molecule has 0 radical (unpaired) electrons. The standard InChI is InChI=1S/C15H18FNO4/c1-9-6-7-17(11(8-9)15(19)20)14(18)10-4-3-5-12(21-2)13(10)16/h3-5,9,11H,6-8H2,1-2H3,(H,19,20). The number of carboxylic acids is 1. The van der Waals surface area contributed by atoms with Crippen LogP contribution < -0.4 is 4.74 Å². The van der Waals surface area contributed by atoms with Crippen LogP contribution in [0.2, 0.25) is 0 Å². The lowest BCUT2D eigenvalue weighted by Gasteiger charge is -2.36. The van der Waals surface area contributed by atoms with Crippen LogP contribution in [0.15, 0.2) is 18.2 Å². The second-order valence-corrected chi connectivity index (χ2v) is 5.30. The third kappa shape index (κ3) is 2.99. The fraction of sp³-hybridized carbons (Fsp3) is 0.467. The number of carbonyl (C=O) groups is 2. The summed E-state index contributed by atoms with van der Waals surface area (Å²) in [6, 6.07) is 3.36. The molecule has 2 atom stereocenters. The van der Waals surface area contributed by atoms with Crippen molar-refractivity contribution in [2.45, 2.75) is 25.8 Å². The largest absolute Gasteiger partial charge is 0.494 e. The molecule has 1 aliphatic rings. The molecule has 0 aliphatic carbocycles. The number of hydrogen-bond acceptors (Lipinski definition) is 3. The molecule has 1 aromatic rings. The molecule has 0 saturated carbocycles. The molecule has 1 aliphatic heterocycles. The highest BCUT2D eigenvalue weighted by atomic mass is 19.1. The summed E-state index contributed by atoms with van der Waals surface area (Å²) >= 11 is 0. The highest BCUT2D eigenvalue weighted by Gasteiger charge is 2.36. The van der Waals surface area contributed by atoms with Gasteiger partial charge in [0.25, 0.3) is 5.91 Å². The summed E-state index contributed by atoms with van der Waals surface area (Å²) in [6.07, 6.45) is 1.09. The average molecular weight is 295 g/mol. The van der Waals surface area contributed by atoms with E-state index in [4.69, 9.17) is 4.74 Å². The number of ether oxygens (including phenoxy) is 1. The monoisotopic (exact) mass is 295 g/mol. The molecule has 21 heavy (non-hydrogen) atoms. The van der Waals surface area contributed by atoms with Gasteiger partial charge in [-0.15, -0.1) is 0 Å². The fourth-order valence-corrected chi connectivity index (χ4v) is 2.61. The number of amides is 1. The molecule has 0 bridgehead atoms. The Morgan fingerprint density at radius 3 is 2.76 bits per heavy atom. The minimum Gasteiger partial charge on any atom is -0.494 e. The number of rotatable bonds is 3. The van der Waals surface area contributed by atoms with Crippen molar-refractivity contribution in [1.29, 1.82) is 0 Å². The van der Waals surface area contributed by atoms with E-state index < -0.39 is 23.7 Å². The zero-order chi connectivity index (χ0) is 15.6. The summed E-state index contributed by atoms with van der Waals surface area (Å²) in [6.45, 7) is 2.26. The average Bonchev–Trinajstić information content (AvgIpc) is 2.46. The second-order valence-electron chi connectivity index (χ2n) is 5.30. The molecule has 1 N–H and O–H groups in total. The molecular weight excluding hydrogens is 277 g/mol. The third-order valence-electron chi connectivity index (χ3n) is 3.82. The third-order valence-corrected chi connectivity index (χ3v) is 3.82. The maximum atomic E-state index is 14.2. The van der Waals surface area contributed by atoms with Crippen molar-refractivity contribution < 1.29 is 23.8 Å². The highest BCUT2D eigenvalue weighted by Crippen LogP contribution is 2.27. The van der Waals surface area contributed by atoms with Gasteiger partial charge in [0.05, 0.1) is 12.7 Å². The minimum absolute atomic E-state index is 0.0295. The van der Waals surface area contributed by atoms with Crippen molar-refractivity contribution in [2.75, 3.05) is 13.7 Å². The van der Waals surface area contributed by atoms with Gasteiger partial charge in [-0.1, -0.05) is 13.0 Å². The number of carboxylic acid groups (broad SMARTS) is 1. The lowest BCUT2D eigenvalue weighted by atomic mass is 9.92. The molecule has 1 aromatic carbocycles. The van der Waals surface area contributed by atoms with Gasteiger partial charge in [-0.3, -0.25) is 4.79 Å². The van der Waals surface area contributed by atoms with Crippen molar-refractivity contribution in [2.24, 2.45) is 5.92 Å². The molecule has 5 nitrogen and oxygen atoms in total. The van der Waals surface area contributed by atoms with Crippen LogP contribution in [0.25, 0.3) is 0 Å². The van der Waals surface area contributed by atoms with Gasteiger partial charge >= 0.3 is 5.97 Å². The number of aliphatic carboxylic acids is 1. The Hall–Kier alpha value is -2.11. The number of carbonyl (C=O) groups excluding carboxylic acids is 1. The number of nitrogens with zero attached hydrogens (tertiary/aromatic N) is 1.